The van der Waals surface area contributed by atoms with Crippen molar-refractivity contribution >= 4 is 21.9 Å². The first-order valence-corrected chi connectivity index (χ1v) is 20.4. The van der Waals surface area contributed by atoms with Crippen LogP contribution in [-0.2, 0) is 0 Å². The number of benzene rings is 6. The Morgan fingerprint density at radius 3 is 1.38 bits per heavy atom. The Morgan fingerprint density at radius 1 is 0.328 bits per heavy atom. The lowest BCUT2D eigenvalue weighted by atomic mass is 9.91. The molecule has 5 heteroatoms. The Balaban J connectivity index is 1.16. The third kappa shape index (κ3) is 6.84. The molecular weight excluding hydrogens is 745 g/mol. The van der Waals surface area contributed by atoms with Gasteiger partial charge in [-0.2, -0.15) is 0 Å². The van der Waals surface area contributed by atoms with E-state index in [1.165, 1.54) is 0 Å². The second-order valence-corrected chi connectivity index (χ2v) is 15.0. The van der Waals surface area contributed by atoms with Gasteiger partial charge in [0.25, 0.3) is 0 Å². The minimum absolute atomic E-state index is 0.781. The fraction of sp³-hybridized carbons (Fsp3) is 0. The number of para-hydroxylation sites is 1. The molecule has 11 aromatic rings. The average molecular weight is 781 g/mol. The van der Waals surface area contributed by atoms with Gasteiger partial charge in [-0.15, -0.1) is 0 Å². The largest absolute Gasteiger partial charge is 0.455 e. The first kappa shape index (κ1) is 35.8. The van der Waals surface area contributed by atoms with Gasteiger partial charge in [-0.05, 0) is 106 Å². The third-order valence-electron chi connectivity index (χ3n) is 11.2. The Hall–Kier alpha value is -8.28. The van der Waals surface area contributed by atoms with Gasteiger partial charge >= 0.3 is 0 Å². The van der Waals surface area contributed by atoms with E-state index < -0.39 is 0 Å². The number of aromatic nitrogens is 4. The molecule has 0 saturated carbocycles. The fourth-order valence-electron chi connectivity index (χ4n) is 8.24. The summed E-state index contributed by atoms with van der Waals surface area (Å²) in [5.41, 5.74) is 16.3. The quantitative estimate of drug-likeness (QED) is 0.154. The zero-order valence-corrected chi connectivity index (χ0v) is 33.0. The van der Waals surface area contributed by atoms with Crippen molar-refractivity contribution in [1.82, 2.24) is 19.9 Å². The summed E-state index contributed by atoms with van der Waals surface area (Å²) in [5.74, 6) is 0.784. The van der Waals surface area contributed by atoms with Crippen LogP contribution in [0.25, 0.3) is 112 Å². The molecule has 0 atom stereocenters. The van der Waals surface area contributed by atoms with Crippen LogP contribution in [0.2, 0.25) is 0 Å². The highest BCUT2D eigenvalue weighted by Crippen LogP contribution is 2.48. The molecule has 0 bridgehead atoms. The van der Waals surface area contributed by atoms with Crippen LogP contribution in [0, 0.1) is 0 Å². The van der Waals surface area contributed by atoms with Gasteiger partial charge in [-0.25, -0.2) is 9.97 Å². The van der Waals surface area contributed by atoms with Crippen molar-refractivity contribution in [3.05, 3.63) is 219 Å². The van der Waals surface area contributed by atoms with Crippen LogP contribution in [0.3, 0.4) is 0 Å². The zero-order valence-electron chi connectivity index (χ0n) is 33.0. The van der Waals surface area contributed by atoms with Crippen LogP contribution in [0.5, 0.6) is 0 Å². The van der Waals surface area contributed by atoms with Crippen LogP contribution in [0.1, 0.15) is 0 Å². The van der Waals surface area contributed by atoms with E-state index in [1.807, 2.05) is 48.5 Å². The standard InChI is InChI=1S/C56H36N4O/c1-4-16-37(17-5-1)42-32-43(38-18-6-2-7-19-38)34-45(33-42)55-52(53-54(41-20-8-3-9-21-41)60-47-23-11-10-22-46(47)56(53)61-55)40-28-26-39(27-29-40)44-35-50(48-24-12-14-30-57-48)59-51(36-44)49-25-13-15-31-58-49/h1-36H. The Bertz CT molecular complexity index is 3200. The maximum atomic E-state index is 7.28. The van der Waals surface area contributed by atoms with Crippen molar-refractivity contribution < 1.29 is 4.42 Å². The number of hydrogen-bond acceptors (Lipinski definition) is 5. The molecule has 0 spiro atoms. The maximum Gasteiger partial charge on any atom is 0.147 e. The van der Waals surface area contributed by atoms with Gasteiger partial charge in [0.1, 0.15) is 11.3 Å². The highest BCUT2D eigenvalue weighted by Gasteiger charge is 2.25. The molecule has 0 N–H and O–H groups in total. The summed E-state index contributed by atoms with van der Waals surface area (Å²) in [6, 6.07) is 71.3. The first-order chi connectivity index (χ1) is 30.2. The lowest BCUT2D eigenvalue weighted by Crippen LogP contribution is -1.94. The van der Waals surface area contributed by atoms with Gasteiger partial charge in [0.15, 0.2) is 0 Å². The van der Waals surface area contributed by atoms with E-state index in [0.29, 0.717) is 0 Å². The first-order valence-electron chi connectivity index (χ1n) is 20.4. The molecule has 0 unspecified atom stereocenters. The minimum Gasteiger partial charge on any atom is -0.455 e. The van der Waals surface area contributed by atoms with Gasteiger partial charge in [0.05, 0.1) is 39.4 Å². The second kappa shape index (κ2) is 15.5. The van der Waals surface area contributed by atoms with Crippen LogP contribution in [0.4, 0.5) is 0 Å². The van der Waals surface area contributed by atoms with Crippen molar-refractivity contribution in [3.8, 4) is 89.9 Å². The van der Waals surface area contributed by atoms with E-state index >= 15 is 0 Å². The predicted octanol–water partition coefficient (Wildman–Crippen LogP) is 14.5. The lowest BCUT2D eigenvalue weighted by molar-refractivity contribution is 0.636. The van der Waals surface area contributed by atoms with Gasteiger partial charge in [0, 0.05) is 34.5 Å². The maximum absolute atomic E-state index is 7.28. The highest BCUT2D eigenvalue weighted by atomic mass is 16.3. The van der Waals surface area contributed by atoms with E-state index in [1.54, 1.807) is 12.4 Å². The molecule has 5 heterocycles. The number of furan rings is 1. The van der Waals surface area contributed by atoms with Crippen molar-refractivity contribution in [2.75, 3.05) is 0 Å². The number of fused-ring (bicyclic) bond motifs is 3. The molecular formula is C56H36N4O. The highest BCUT2D eigenvalue weighted by molar-refractivity contribution is 6.17. The Kier molecular flexibility index (Phi) is 9.10. The molecule has 0 aliphatic heterocycles. The lowest BCUT2D eigenvalue weighted by Gasteiger charge is -2.13. The van der Waals surface area contributed by atoms with Crippen molar-refractivity contribution in [3.63, 3.8) is 0 Å². The summed E-state index contributed by atoms with van der Waals surface area (Å²) >= 11 is 0. The predicted molar refractivity (Wildman–Crippen MR) is 248 cm³/mol. The monoisotopic (exact) mass is 780 g/mol. The fourth-order valence-corrected chi connectivity index (χ4v) is 8.24. The normalized spacial score (nSPS) is 11.3. The molecule has 0 aliphatic carbocycles. The minimum atomic E-state index is 0.781. The molecule has 0 fully saturated rings. The molecule has 286 valence electrons. The SMILES string of the molecule is c1ccc(-c2cc(-c3ccccc3)cc(-c3oc4c(c(-c5ccccc5)nc5ccccc54)c3-c3ccc(-c4cc(-c5ccccn5)nc(-c5ccccn5)c4)cc3)c2)cc1. The Labute approximate surface area is 353 Å². The molecule has 0 saturated heterocycles. The van der Waals surface area contributed by atoms with E-state index in [2.05, 4.69) is 168 Å². The zero-order chi connectivity index (χ0) is 40.5. The Morgan fingerprint density at radius 2 is 0.803 bits per heavy atom. The van der Waals surface area contributed by atoms with E-state index in [9.17, 15) is 0 Å². The molecule has 5 aromatic heterocycles. The number of nitrogens with zero attached hydrogens (tertiary/aromatic N) is 4. The molecule has 6 aromatic carbocycles. The molecule has 0 radical (unpaired) electrons. The molecule has 0 aliphatic rings. The van der Waals surface area contributed by atoms with Crippen LogP contribution >= 0.6 is 0 Å². The summed E-state index contributed by atoms with van der Waals surface area (Å²) in [4.78, 5) is 19.7. The summed E-state index contributed by atoms with van der Waals surface area (Å²) < 4.78 is 7.28. The second-order valence-electron chi connectivity index (χ2n) is 15.0. The van der Waals surface area contributed by atoms with Gasteiger partial charge in [0.2, 0.25) is 0 Å². The summed E-state index contributed by atoms with van der Waals surface area (Å²) in [6.45, 7) is 0. The van der Waals surface area contributed by atoms with Gasteiger partial charge in [-0.1, -0.05) is 140 Å². The number of rotatable bonds is 8. The number of pyridine rings is 4. The van der Waals surface area contributed by atoms with Gasteiger partial charge < -0.3 is 4.42 Å². The van der Waals surface area contributed by atoms with Crippen LogP contribution in [-0.4, -0.2) is 19.9 Å². The van der Waals surface area contributed by atoms with Crippen molar-refractivity contribution in [2.24, 2.45) is 0 Å². The van der Waals surface area contributed by atoms with E-state index in [-0.39, 0.29) is 0 Å². The molecule has 0 amide bonds. The van der Waals surface area contributed by atoms with Crippen molar-refractivity contribution in [1.29, 1.82) is 0 Å². The molecule has 61 heavy (non-hydrogen) atoms. The van der Waals surface area contributed by atoms with Crippen LogP contribution < -0.4 is 0 Å². The summed E-state index contributed by atoms with van der Waals surface area (Å²) in [7, 11) is 0. The molecule has 5 nitrogen and oxygen atoms in total. The molecule has 11 rings (SSSR count). The van der Waals surface area contributed by atoms with Crippen LogP contribution in [0.15, 0.2) is 223 Å². The summed E-state index contributed by atoms with van der Waals surface area (Å²) in [5, 5.41) is 1.93. The van der Waals surface area contributed by atoms with Crippen molar-refractivity contribution in [2.45, 2.75) is 0 Å². The van der Waals surface area contributed by atoms with E-state index in [4.69, 9.17) is 14.4 Å². The average Bonchev–Trinajstić information content (AvgIpc) is 3.76. The summed E-state index contributed by atoms with van der Waals surface area (Å²) in [6.07, 6.45) is 3.59. The van der Waals surface area contributed by atoms with E-state index in [0.717, 1.165) is 112 Å². The third-order valence-corrected chi connectivity index (χ3v) is 11.2. The topological polar surface area (TPSA) is 64.7 Å². The smallest absolute Gasteiger partial charge is 0.147 e. The van der Waals surface area contributed by atoms with Gasteiger partial charge in [-0.3, -0.25) is 9.97 Å². The number of hydrogen-bond donors (Lipinski definition) is 0.